The molecule has 0 unspecified atom stereocenters. The molecule has 0 atom stereocenters. The molecule has 4 heteroatoms. The summed E-state index contributed by atoms with van der Waals surface area (Å²) in [6.45, 7) is 0. The lowest BCUT2D eigenvalue weighted by atomic mass is 9.99. The van der Waals surface area contributed by atoms with E-state index in [2.05, 4.69) is 28.8 Å². The number of benzene rings is 3. The van der Waals surface area contributed by atoms with E-state index in [0.717, 1.165) is 46.1 Å². The molecule has 0 saturated heterocycles. The average Bonchev–Trinajstić information content (AvgIpc) is 3.48. The second-order valence-corrected chi connectivity index (χ2v) is 7.10. The van der Waals surface area contributed by atoms with Crippen molar-refractivity contribution in [1.29, 1.82) is 0 Å². The number of hydrogen-bond acceptors (Lipinski definition) is 2. The molecule has 3 aromatic carbocycles. The summed E-state index contributed by atoms with van der Waals surface area (Å²) in [5, 5.41) is 8.11. The van der Waals surface area contributed by atoms with Crippen LogP contribution < -0.4 is 10.6 Å². The predicted octanol–water partition coefficient (Wildman–Crippen LogP) is 4.68. The van der Waals surface area contributed by atoms with Crippen LogP contribution in [0.2, 0.25) is 0 Å². The van der Waals surface area contributed by atoms with E-state index in [1.165, 1.54) is 0 Å². The third kappa shape index (κ3) is 2.89. The highest BCUT2D eigenvalue weighted by molar-refractivity contribution is 6.35. The Bertz CT molecular complexity index is 1120. The number of anilines is 2. The fourth-order valence-electron chi connectivity index (χ4n) is 3.53. The summed E-state index contributed by atoms with van der Waals surface area (Å²) in [5.41, 5.74) is 3.94. The molecule has 1 aliphatic carbocycles. The van der Waals surface area contributed by atoms with Crippen LogP contribution in [0, 0.1) is 5.92 Å². The van der Waals surface area contributed by atoms with Gasteiger partial charge >= 0.3 is 0 Å². The Morgan fingerprint density at radius 3 is 2.70 bits per heavy atom. The molecule has 4 nitrogen and oxygen atoms in total. The second-order valence-electron chi connectivity index (χ2n) is 7.10. The molecule has 0 aromatic heterocycles. The fourth-order valence-corrected chi connectivity index (χ4v) is 3.53. The molecule has 1 fully saturated rings. The van der Waals surface area contributed by atoms with Crippen molar-refractivity contribution in [2.45, 2.75) is 12.8 Å². The van der Waals surface area contributed by atoms with Crippen LogP contribution >= 0.6 is 0 Å². The van der Waals surface area contributed by atoms with Crippen LogP contribution in [-0.2, 0) is 9.59 Å². The maximum absolute atomic E-state index is 12.6. The van der Waals surface area contributed by atoms with Crippen molar-refractivity contribution < 1.29 is 9.59 Å². The Labute approximate surface area is 156 Å². The minimum atomic E-state index is -0.122. The van der Waals surface area contributed by atoms with E-state index in [4.69, 9.17) is 0 Å². The van der Waals surface area contributed by atoms with E-state index < -0.39 is 0 Å². The topological polar surface area (TPSA) is 58.2 Å². The summed E-state index contributed by atoms with van der Waals surface area (Å²) in [7, 11) is 0. The molecule has 1 saturated carbocycles. The molecule has 0 spiro atoms. The zero-order valence-corrected chi connectivity index (χ0v) is 14.7. The van der Waals surface area contributed by atoms with E-state index in [-0.39, 0.29) is 17.7 Å². The van der Waals surface area contributed by atoms with Crippen LogP contribution in [0.4, 0.5) is 11.4 Å². The van der Waals surface area contributed by atoms with Crippen LogP contribution in [0.15, 0.2) is 60.7 Å². The van der Waals surface area contributed by atoms with Gasteiger partial charge in [0.15, 0.2) is 0 Å². The van der Waals surface area contributed by atoms with Gasteiger partial charge in [0.25, 0.3) is 5.91 Å². The van der Waals surface area contributed by atoms with E-state index in [1.807, 2.05) is 48.5 Å². The molecule has 2 N–H and O–H groups in total. The van der Waals surface area contributed by atoms with Gasteiger partial charge in [-0.05, 0) is 53.5 Å². The molecule has 3 aromatic rings. The zero-order chi connectivity index (χ0) is 18.4. The first kappa shape index (κ1) is 15.8. The largest absolute Gasteiger partial charge is 0.326 e. The summed E-state index contributed by atoms with van der Waals surface area (Å²) in [4.78, 5) is 24.6. The lowest BCUT2D eigenvalue weighted by molar-refractivity contribution is -0.117. The number of carbonyl (C=O) groups excluding carboxylic acids is 2. The van der Waals surface area contributed by atoms with Crippen LogP contribution in [-0.4, -0.2) is 11.8 Å². The molecule has 0 radical (unpaired) electrons. The van der Waals surface area contributed by atoms with Crippen LogP contribution in [0.1, 0.15) is 24.0 Å². The fraction of sp³-hybridized carbons (Fsp3) is 0.130. The minimum absolute atomic E-state index is 0.0619. The molecule has 0 bridgehead atoms. The maximum atomic E-state index is 12.6. The molecule has 27 heavy (non-hydrogen) atoms. The van der Waals surface area contributed by atoms with E-state index >= 15 is 0 Å². The van der Waals surface area contributed by atoms with Crippen molar-refractivity contribution in [3.8, 4) is 0 Å². The number of hydrogen-bond donors (Lipinski definition) is 2. The van der Waals surface area contributed by atoms with Crippen molar-refractivity contribution in [2.24, 2.45) is 5.92 Å². The van der Waals surface area contributed by atoms with Gasteiger partial charge in [-0.3, -0.25) is 9.59 Å². The summed E-state index contributed by atoms with van der Waals surface area (Å²) in [5.74, 6) is 0.0825. The van der Waals surface area contributed by atoms with Crippen molar-refractivity contribution in [1.82, 2.24) is 0 Å². The number of rotatable bonds is 3. The molecule has 1 heterocycles. The van der Waals surface area contributed by atoms with Gasteiger partial charge in [0.2, 0.25) is 5.91 Å². The van der Waals surface area contributed by atoms with Crippen molar-refractivity contribution in [2.75, 3.05) is 10.6 Å². The van der Waals surface area contributed by atoms with Crippen molar-refractivity contribution >= 4 is 45.6 Å². The van der Waals surface area contributed by atoms with Gasteiger partial charge in [-0.15, -0.1) is 0 Å². The van der Waals surface area contributed by atoms with Gasteiger partial charge in [-0.1, -0.05) is 42.5 Å². The Morgan fingerprint density at radius 1 is 1.04 bits per heavy atom. The normalized spacial score (nSPS) is 17.0. The van der Waals surface area contributed by atoms with Gasteiger partial charge in [-0.2, -0.15) is 0 Å². The lowest BCUT2D eigenvalue weighted by Crippen LogP contribution is -2.13. The molecule has 132 valence electrons. The third-order valence-electron chi connectivity index (χ3n) is 5.14. The predicted molar refractivity (Wildman–Crippen MR) is 108 cm³/mol. The highest BCUT2D eigenvalue weighted by atomic mass is 16.2. The Hall–Kier alpha value is -3.40. The first-order chi connectivity index (χ1) is 13.2. The zero-order valence-electron chi connectivity index (χ0n) is 14.7. The van der Waals surface area contributed by atoms with Gasteiger partial charge in [-0.25, -0.2) is 0 Å². The first-order valence-electron chi connectivity index (χ1n) is 9.15. The SMILES string of the molecule is O=C1Nc2ccc(NC(=O)C3CC3)cc2/C1=C\c1cccc2ccccc12. The summed E-state index contributed by atoms with van der Waals surface area (Å²) < 4.78 is 0. The Kier molecular flexibility index (Phi) is 3.57. The number of carbonyl (C=O) groups is 2. The standard InChI is InChI=1S/C23H18N2O2/c26-22(15-8-9-15)24-17-10-11-21-19(13-17)20(23(27)25-21)12-16-6-3-5-14-4-1-2-7-18(14)16/h1-7,10-13,15H,8-9H2,(H,24,26)(H,25,27)/b20-12+. The van der Waals surface area contributed by atoms with Crippen molar-refractivity contribution in [3.05, 3.63) is 71.8 Å². The second kappa shape index (κ2) is 6.09. The van der Waals surface area contributed by atoms with E-state index in [1.54, 1.807) is 0 Å². The minimum Gasteiger partial charge on any atom is -0.326 e. The van der Waals surface area contributed by atoms with Crippen LogP contribution in [0.3, 0.4) is 0 Å². The summed E-state index contributed by atoms with van der Waals surface area (Å²) in [6, 6.07) is 19.8. The summed E-state index contributed by atoms with van der Waals surface area (Å²) >= 11 is 0. The molecule has 5 rings (SSSR count). The quantitative estimate of drug-likeness (QED) is 0.671. The molecule has 1 aliphatic heterocycles. The van der Waals surface area contributed by atoms with Gasteiger partial charge in [0.1, 0.15) is 0 Å². The average molecular weight is 354 g/mol. The van der Waals surface area contributed by atoms with Gasteiger partial charge in [0.05, 0.1) is 0 Å². The third-order valence-corrected chi connectivity index (χ3v) is 5.14. The highest BCUT2D eigenvalue weighted by Gasteiger charge is 2.30. The Balaban J connectivity index is 1.56. The number of fused-ring (bicyclic) bond motifs is 2. The first-order valence-corrected chi connectivity index (χ1v) is 9.15. The van der Waals surface area contributed by atoms with Crippen molar-refractivity contribution in [3.63, 3.8) is 0 Å². The smallest absolute Gasteiger partial charge is 0.256 e. The number of nitrogens with one attached hydrogen (secondary N) is 2. The molecule has 2 amide bonds. The monoisotopic (exact) mass is 354 g/mol. The van der Waals surface area contributed by atoms with E-state index in [9.17, 15) is 9.59 Å². The van der Waals surface area contributed by atoms with Crippen LogP contribution in [0.5, 0.6) is 0 Å². The van der Waals surface area contributed by atoms with Crippen LogP contribution in [0.25, 0.3) is 22.4 Å². The molecular formula is C23H18N2O2. The highest BCUT2D eigenvalue weighted by Crippen LogP contribution is 2.37. The van der Waals surface area contributed by atoms with Gasteiger partial charge in [0, 0.05) is 28.4 Å². The Morgan fingerprint density at radius 2 is 1.85 bits per heavy atom. The number of amides is 2. The maximum Gasteiger partial charge on any atom is 0.256 e. The van der Waals surface area contributed by atoms with E-state index in [0.29, 0.717) is 5.57 Å². The van der Waals surface area contributed by atoms with Gasteiger partial charge < -0.3 is 10.6 Å². The molecule has 2 aliphatic rings. The molecular weight excluding hydrogens is 336 g/mol. The lowest BCUT2D eigenvalue weighted by Gasteiger charge is -2.07. The summed E-state index contributed by atoms with van der Waals surface area (Å²) in [6.07, 6.45) is 3.85.